The van der Waals surface area contributed by atoms with Gasteiger partial charge in [0.1, 0.15) is 23.0 Å². The number of ether oxygens (including phenoxy) is 2. The highest BCUT2D eigenvalue weighted by atomic mass is 32.4. The van der Waals surface area contributed by atoms with Crippen molar-refractivity contribution in [3.05, 3.63) is 133 Å². The second kappa shape index (κ2) is 8.44. The van der Waals surface area contributed by atoms with Gasteiger partial charge in [-0.05, 0) is 72.3 Å². The summed E-state index contributed by atoms with van der Waals surface area (Å²) in [6.45, 7) is 0. The number of rotatable bonds is 2. The molecule has 1 aromatic heterocycles. The second-order valence-corrected chi connectivity index (χ2v) is 14.7. The van der Waals surface area contributed by atoms with Gasteiger partial charge in [0.25, 0.3) is 0 Å². The summed E-state index contributed by atoms with van der Waals surface area (Å²) in [6, 6.07) is 44.1. The molecule has 6 aromatic carbocycles. The minimum absolute atomic E-state index is 0.794. The van der Waals surface area contributed by atoms with E-state index in [4.69, 9.17) is 21.3 Å². The molecule has 0 spiro atoms. The zero-order chi connectivity index (χ0) is 27.1. The highest BCUT2D eigenvalue weighted by molar-refractivity contribution is 8.26. The van der Waals surface area contributed by atoms with Gasteiger partial charge in [-0.2, -0.15) is 0 Å². The molecule has 41 heavy (non-hydrogen) atoms. The number of benzene rings is 6. The van der Waals surface area contributed by atoms with Gasteiger partial charge >= 0.3 is 0 Å². The fraction of sp³-hybridized carbons (Fsp3) is 0. The van der Waals surface area contributed by atoms with E-state index in [2.05, 4.69) is 114 Å². The van der Waals surface area contributed by atoms with Gasteiger partial charge in [0, 0.05) is 32.6 Å². The minimum atomic E-state index is -2.41. The van der Waals surface area contributed by atoms with Crippen LogP contribution in [0.5, 0.6) is 23.0 Å². The van der Waals surface area contributed by atoms with Gasteiger partial charge in [-0.3, -0.25) is 0 Å². The Hall–Kier alpha value is -4.63. The van der Waals surface area contributed by atoms with Crippen LogP contribution in [-0.2, 0) is 11.8 Å². The van der Waals surface area contributed by atoms with Crippen LogP contribution < -0.4 is 25.4 Å². The molecule has 2 aliphatic rings. The van der Waals surface area contributed by atoms with Crippen LogP contribution >= 0.6 is 6.04 Å². The van der Waals surface area contributed by atoms with E-state index >= 15 is 0 Å². The lowest BCUT2D eigenvalue weighted by atomic mass is 10.0. The third-order valence-corrected chi connectivity index (χ3v) is 13.1. The lowest BCUT2D eigenvalue weighted by molar-refractivity contribution is 0.467. The lowest BCUT2D eigenvalue weighted by Crippen LogP contribution is -2.35. The summed E-state index contributed by atoms with van der Waals surface area (Å²) >= 11 is 6.71. The molecule has 0 aliphatic carbocycles. The van der Waals surface area contributed by atoms with E-state index in [0.717, 1.165) is 55.7 Å². The predicted molar refractivity (Wildman–Crippen MR) is 172 cm³/mol. The maximum atomic E-state index is 6.74. The van der Waals surface area contributed by atoms with Crippen LogP contribution in [0.3, 0.4) is 0 Å². The lowest BCUT2D eigenvalue weighted by Gasteiger charge is -2.38. The van der Waals surface area contributed by atoms with Crippen molar-refractivity contribution in [1.29, 1.82) is 0 Å². The molecular weight excluding hydrogens is 541 g/mol. The van der Waals surface area contributed by atoms with Crippen molar-refractivity contribution < 1.29 is 9.47 Å². The molecule has 3 nitrogen and oxygen atoms in total. The highest BCUT2D eigenvalue weighted by Crippen LogP contribution is 2.60. The van der Waals surface area contributed by atoms with E-state index in [9.17, 15) is 0 Å². The Morgan fingerprint density at radius 1 is 0.537 bits per heavy atom. The van der Waals surface area contributed by atoms with Gasteiger partial charge in [-0.1, -0.05) is 78.5 Å². The zero-order valence-corrected chi connectivity index (χ0v) is 23.5. The summed E-state index contributed by atoms with van der Waals surface area (Å²) in [7, 11) is 0. The standard InChI is InChI=1S/C36H22NO2PS/c41-40-33-16-8-6-14-30(33)38-32-21-19-25(35(36(32)40)39-31-15-7-9-17-34(31)40)23-18-20-29-27(22-23)26-12-4-5-13-28(26)37(29)24-10-2-1-3-11-24/h1-22H. The molecule has 3 heterocycles. The molecule has 5 heteroatoms. The molecule has 9 rings (SSSR count). The number of hydrogen-bond donors (Lipinski definition) is 0. The first-order valence-electron chi connectivity index (χ1n) is 13.6. The Kier molecular flexibility index (Phi) is 4.76. The monoisotopic (exact) mass is 563 g/mol. The Bertz CT molecular complexity index is 2240. The van der Waals surface area contributed by atoms with Crippen molar-refractivity contribution in [2.75, 3.05) is 0 Å². The normalized spacial score (nSPS) is 16.4. The first-order valence-corrected chi connectivity index (χ1v) is 16.4. The van der Waals surface area contributed by atoms with E-state index in [1.807, 2.05) is 24.3 Å². The number of fused-ring (bicyclic) bond motifs is 7. The largest absolute Gasteiger partial charge is 0.456 e. The van der Waals surface area contributed by atoms with Gasteiger partial charge in [0.05, 0.1) is 22.4 Å². The third-order valence-electron chi connectivity index (χ3n) is 8.25. The van der Waals surface area contributed by atoms with Crippen LogP contribution in [0.25, 0.3) is 38.6 Å². The molecule has 1 atom stereocenters. The Labute approximate surface area is 242 Å². The van der Waals surface area contributed by atoms with Gasteiger partial charge < -0.3 is 14.0 Å². The number of hydrogen-bond acceptors (Lipinski definition) is 3. The summed E-state index contributed by atoms with van der Waals surface area (Å²) in [4.78, 5) is 0. The van der Waals surface area contributed by atoms with E-state index in [0.29, 0.717) is 0 Å². The van der Waals surface area contributed by atoms with E-state index in [1.54, 1.807) is 0 Å². The fourth-order valence-electron chi connectivity index (χ4n) is 6.47. The topological polar surface area (TPSA) is 23.4 Å². The average Bonchev–Trinajstić information content (AvgIpc) is 3.35. The quantitative estimate of drug-likeness (QED) is 0.197. The summed E-state index contributed by atoms with van der Waals surface area (Å²) in [5, 5.41) is 5.59. The molecule has 2 aliphatic heterocycles. The molecule has 0 saturated carbocycles. The second-order valence-electron chi connectivity index (χ2n) is 10.5. The number of nitrogens with zero attached hydrogens (tertiary/aromatic N) is 1. The molecule has 0 bridgehead atoms. The predicted octanol–water partition coefficient (Wildman–Crippen LogP) is 8.42. The van der Waals surface area contributed by atoms with Crippen LogP contribution in [0.15, 0.2) is 133 Å². The highest BCUT2D eigenvalue weighted by Gasteiger charge is 2.43. The van der Waals surface area contributed by atoms with Gasteiger partial charge in [-0.25, -0.2) is 0 Å². The van der Waals surface area contributed by atoms with Crippen molar-refractivity contribution >= 4 is 55.6 Å². The first-order chi connectivity index (χ1) is 20.2. The molecule has 0 saturated heterocycles. The summed E-state index contributed by atoms with van der Waals surface area (Å²) in [5.41, 5.74) is 5.61. The molecule has 0 fully saturated rings. The van der Waals surface area contributed by atoms with Crippen molar-refractivity contribution in [3.8, 4) is 39.8 Å². The van der Waals surface area contributed by atoms with Crippen molar-refractivity contribution in [2.24, 2.45) is 0 Å². The van der Waals surface area contributed by atoms with Crippen LogP contribution in [-0.4, -0.2) is 4.57 Å². The molecule has 0 N–H and O–H groups in total. The SMILES string of the molecule is S=P12c3ccccc3Oc3ccc(-c4ccc5c(c4)c4ccccc4n5-c4ccccc4)c(c31)Oc1ccccc12. The molecular formula is C36H22NO2PS. The van der Waals surface area contributed by atoms with Gasteiger partial charge in [-0.15, -0.1) is 0 Å². The Morgan fingerprint density at radius 2 is 1.20 bits per heavy atom. The van der Waals surface area contributed by atoms with E-state index < -0.39 is 6.04 Å². The minimum Gasteiger partial charge on any atom is -0.456 e. The third kappa shape index (κ3) is 3.12. The Balaban J connectivity index is 1.32. The fourth-order valence-corrected chi connectivity index (χ4v) is 11.0. The first kappa shape index (κ1) is 23.1. The van der Waals surface area contributed by atoms with E-state index in [-0.39, 0.29) is 0 Å². The molecule has 0 radical (unpaired) electrons. The summed E-state index contributed by atoms with van der Waals surface area (Å²) in [5.74, 6) is 3.28. The average molecular weight is 564 g/mol. The maximum Gasteiger partial charge on any atom is 0.148 e. The van der Waals surface area contributed by atoms with Crippen LogP contribution in [0.1, 0.15) is 0 Å². The van der Waals surface area contributed by atoms with Crippen LogP contribution in [0, 0.1) is 0 Å². The molecule has 0 amide bonds. The molecule has 194 valence electrons. The molecule has 1 unspecified atom stereocenters. The van der Waals surface area contributed by atoms with Crippen molar-refractivity contribution in [2.45, 2.75) is 0 Å². The van der Waals surface area contributed by atoms with Crippen LogP contribution in [0.2, 0.25) is 0 Å². The summed E-state index contributed by atoms with van der Waals surface area (Å²) < 4.78 is 15.5. The van der Waals surface area contributed by atoms with E-state index in [1.165, 1.54) is 21.8 Å². The van der Waals surface area contributed by atoms with Gasteiger partial charge in [0.15, 0.2) is 0 Å². The van der Waals surface area contributed by atoms with Gasteiger partial charge in [0.2, 0.25) is 0 Å². The number of aromatic nitrogens is 1. The summed E-state index contributed by atoms with van der Waals surface area (Å²) in [6.07, 6.45) is 0. The smallest absolute Gasteiger partial charge is 0.148 e. The van der Waals surface area contributed by atoms with Crippen LogP contribution in [0.4, 0.5) is 0 Å². The van der Waals surface area contributed by atoms with Crippen molar-refractivity contribution in [3.63, 3.8) is 0 Å². The molecule has 7 aromatic rings. The zero-order valence-electron chi connectivity index (χ0n) is 21.8. The van der Waals surface area contributed by atoms with Crippen molar-refractivity contribution in [1.82, 2.24) is 4.57 Å². The maximum absolute atomic E-state index is 6.74. The Morgan fingerprint density at radius 3 is 2.00 bits per heavy atom. The number of para-hydroxylation sites is 4.